The molecule has 0 saturated heterocycles. The zero-order valence-electron chi connectivity index (χ0n) is 9.52. The van der Waals surface area contributed by atoms with Crippen molar-refractivity contribution in [1.82, 2.24) is 5.32 Å². The topological polar surface area (TPSA) is 47.9 Å². The number of hydrogen-bond donors (Lipinski definition) is 2. The summed E-state index contributed by atoms with van der Waals surface area (Å²) in [5.74, 6) is 0.0884. The summed E-state index contributed by atoms with van der Waals surface area (Å²) in [4.78, 5) is 0. The molecule has 1 aliphatic carbocycles. The molecule has 0 aromatic heterocycles. The summed E-state index contributed by atoms with van der Waals surface area (Å²) < 4.78 is 0. The zero-order chi connectivity index (χ0) is 12.1. The lowest BCUT2D eigenvalue weighted by atomic mass is 10.1. The summed E-state index contributed by atoms with van der Waals surface area (Å²) in [6.07, 6.45) is 3.10. The van der Waals surface area contributed by atoms with Crippen LogP contribution in [-0.4, -0.2) is 11.2 Å². The number of nitrogens with one attached hydrogen (secondary N) is 2. The molecule has 1 aromatic carbocycles. The number of rotatable bonds is 2. The van der Waals surface area contributed by atoms with Gasteiger partial charge in [0.1, 0.15) is 0 Å². The van der Waals surface area contributed by atoms with Crippen molar-refractivity contribution in [3.05, 3.63) is 30.3 Å². The molecular formula is C13H15N3S. The molecule has 0 amide bonds. The Morgan fingerprint density at radius 2 is 2.06 bits per heavy atom. The van der Waals surface area contributed by atoms with Crippen LogP contribution >= 0.6 is 12.2 Å². The molecule has 2 atom stereocenters. The predicted octanol–water partition coefficient (Wildman–Crippen LogP) is 2.67. The molecule has 88 valence electrons. The first kappa shape index (κ1) is 11.9. The summed E-state index contributed by atoms with van der Waals surface area (Å²) >= 11 is 5.24. The quantitative estimate of drug-likeness (QED) is 0.786. The molecule has 1 aliphatic rings. The van der Waals surface area contributed by atoms with Crippen molar-refractivity contribution >= 4 is 23.0 Å². The van der Waals surface area contributed by atoms with E-state index in [1.807, 2.05) is 30.3 Å². The van der Waals surface area contributed by atoms with E-state index in [4.69, 9.17) is 17.5 Å². The van der Waals surface area contributed by atoms with Crippen LogP contribution in [0, 0.1) is 17.2 Å². The van der Waals surface area contributed by atoms with Crippen molar-refractivity contribution in [2.45, 2.75) is 25.3 Å². The third-order valence-corrected chi connectivity index (χ3v) is 3.25. The molecule has 0 heterocycles. The molecule has 0 unspecified atom stereocenters. The Morgan fingerprint density at radius 1 is 1.29 bits per heavy atom. The van der Waals surface area contributed by atoms with Gasteiger partial charge in [-0.3, -0.25) is 0 Å². The van der Waals surface area contributed by atoms with Crippen molar-refractivity contribution in [2.75, 3.05) is 5.32 Å². The molecule has 0 bridgehead atoms. The Morgan fingerprint density at radius 3 is 2.76 bits per heavy atom. The number of para-hydroxylation sites is 1. The minimum absolute atomic E-state index is 0.0884. The van der Waals surface area contributed by atoms with E-state index in [1.54, 1.807) is 0 Å². The summed E-state index contributed by atoms with van der Waals surface area (Å²) in [5, 5.41) is 15.9. The SMILES string of the molecule is N#C[C@H]1CCC[C@@H]1NC(=S)Nc1ccccc1. The van der Waals surface area contributed by atoms with E-state index >= 15 is 0 Å². The monoisotopic (exact) mass is 245 g/mol. The van der Waals surface area contributed by atoms with Crippen LogP contribution in [0.15, 0.2) is 30.3 Å². The van der Waals surface area contributed by atoms with Gasteiger partial charge in [0.05, 0.1) is 12.0 Å². The van der Waals surface area contributed by atoms with E-state index in [2.05, 4.69) is 16.7 Å². The van der Waals surface area contributed by atoms with E-state index in [0.717, 1.165) is 24.9 Å². The zero-order valence-corrected chi connectivity index (χ0v) is 10.3. The smallest absolute Gasteiger partial charge is 0.171 e. The van der Waals surface area contributed by atoms with Crippen LogP contribution in [0.5, 0.6) is 0 Å². The van der Waals surface area contributed by atoms with Crippen LogP contribution in [0.25, 0.3) is 0 Å². The van der Waals surface area contributed by atoms with Crippen LogP contribution in [0.1, 0.15) is 19.3 Å². The van der Waals surface area contributed by atoms with Crippen molar-refractivity contribution < 1.29 is 0 Å². The third kappa shape index (κ3) is 3.18. The van der Waals surface area contributed by atoms with Gasteiger partial charge in [-0.25, -0.2) is 0 Å². The van der Waals surface area contributed by atoms with E-state index in [9.17, 15) is 0 Å². The Kier molecular flexibility index (Phi) is 3.94. The van der Waals surface area contributed by atoms with Gasteiger partial charge in [0.2, 0.25) is 0 Å². The fourth-order valence-electron chi connectivity index (χ4n) is 2.14. The average Bonchev–Trinajstić information content (AvgIpc) is 2.77. The molecule has 0 radical (unpaired) electrons. The van der Waals surface area contributed by atoms with Crippen molar-refractivity contribution in [1.29, 1.82) is 5.26 Å². The molecule has 1 aromatic rings. The Balaban J connectivity index is 1.88. The van der Waals surface area contributed by atoms with Gasteiger partial charge in [-0.1, -0.05) is 18.2 Å². The normalized spacial score (nSPS) is 22.8. The van der Waals surface area contributed by atoms with Gasteiger partial charge < -0.3 is 10.6 Å². The lowest BCUT2D eigenvalue weighted by Gasteiger charge is -2.18. The molecule has 1 fully saturated rings. The molecule has 4 heteroatoms. The highest BCUT2D eigenvalue weighted by Gasteiger charge is 2.27. The lowest BCUT2D eigenvalue weighted by Crippen LogP contribution is -2.39. The second kappa shape index (κ2) is 5.65. The minimum Gasteiger partial charge on any atom is -0.358 e. The van der Waals surface area contributed by atoms with Crippen molar-refractivity contribution in [2.24, 2.45) is 5.92 Å². The van der Waals surface area contributed by atoms with Crippen LogP contribution < -0.4 is 10.6 Å². The summed E-state index contributed by atoms with van der Waals surface area (Å²) in [7, 11) is 0. The number of nitriles is 1. The summed E-state index contributed by atoms with van der Waals surface area (Å²) in [5.41, 5.74) is 0.969. The van der Waals surface area contributed by atoms with Crippen LogP contribution in [-0.2, 0) is 0 Å². The summed E-state index contributed by atoms with van der Waals surface area (Å²) in [6, 6.07) is 12.3. The largest absolute Gasteiger partial charge is 0.358 e. The Hall–Kier alpha value is -1.60. The van der Waals surface area contributed by atoms with Crippen molar-refractivity contribution in [3.8, 4) is 6.07 Å². The van der Waals surface area contributed by atoms with Gasteiger partial charge in [0, 0.05) is 11.7 Å². The van der Waals surface area contributed by atoms with Crippen LogP contribution in [0.2, 0.25) is 0 Å². The number of thiocarbonyl (C=S) groups is 1. The van der Waals surface area contributed by atoms with Crippen LogP contribution in [0.3, 0.4) is 0 Å². The first-order chi connectivity index (χ1) is 8.29. The number of benzene rings is 1. The molecular weight excluding hydrogens is 230 g/mol. The minimum atomic E-state index is 0.0884. The second-order valence-corrected chi connectivity index (χ2v) is 4.65. The summed E-state index contributed by atoms with van der Waals surface area (Å²) in [6.45, 7) is 0. The lowest BCUT2D eigenvalue weighted by molar-refractivity contribution is 0.544. The third-order valence-electron chi connectivity index (χ3n) is 3.03. The van der Waals surface area contributed by atoms with Crippen LogP contribution in [0.4, 0.5) is 5.69 Å². The molecule has 2 rings (SSSR count). The maximum absolute atomic E-state index is 8.99. The first-order valence-corrected chi connectivity index (χ1v) is 6.22. The molecule has 3 nitrogen and oxygen atoms in total. The van der Waals surface area contributed by atoms with Gasteiger partial charge in [0.25, 0.3) is 0 Å². The Bertz CT molecular complexity index is 424. The average molecular weight is 245 g/mol. The van der Waals surface area contributed by atoms with Gasteiger partial charge in [-0.2, -0.15) is 5.26 Å². The molecule has 17 heavy (non-hydrogen) atoms. The maximum atomic E-state index is 8.99. The molecule has 0 spiro atoms. The van der Waals surface area contributed by atoms with E-state index in [-0.39, 0.29) is 12.0 Å². The van der Waals surface area contributed by atoms with Gasteiger partial charge in [-0.15, -0.1) is 0 Å². The van der Waals surface area contributed by atoms with E-state index < -0.39 is 0 Å². The number of hydrogen-bond acceptors (Lipinski definition) is 2. The fourth-order valence-corrected chi connectivity index (χ4v) is 2.41. The second-order valence-electron chi connectivity index (χ2n) is 4.24. The predicted molar refractivity (Wildman–Crippen MR) is 72.5 cm³/mol. The fraction of sp³-hybridized carbons (Fsp3) is 0.385. The standard InChI is InChI=1S/C13H15N3S/c14-9-10-5-4-8-12(10)16-13(17)15-11-6-2-1-3-7-11/h1-3,6-7,10,12H,4-5,8H2,(H2,15,16,17)/t10-,12+/m1/s1. The van der Waals surface area contributed by atoms with Gasteiger partial charge in [-0.05, 0) is 43.6 Å². The molecule has 1 saturated carbocycles. The van der Waals surface area contributed by atoms with E-state index in [1.165, 1.54) is 0 Å². The van der Waals surface area contributed by atoms with Crippen molar-refractivity contribution in [3.63, 3.8) is 0 Å². The molecule has 0 aliphatic heterocycles. The highest BCUT2D eigenvalue weighted by atomic mass is 32.1. The highest BCUT2D eigenvalue weighted by molar-refractivity contribution is 7.80. The van der Waals surface area contributed by atoms with Gasteiger partial charge in [0.15, 0.2) is 5.11 Å². The maximum Gasteiger partial charge on any atom is 0.171 e. The Labute approximate surface area is 107 Å². The first-order valence-electron chi connectivity index (χ1n) is 5.82. The highest BCUT2D eigenvalue weighted by Crippen LogP contribution is 2.24. The number of anilines is 1. The van der Waals surface area contributed by atoms with E-state index in [0.29, 0.717) is 5.11 Å². The molecule has 2 N–H and O–H groups in total. The number of nitrogens with zero attached hydrogens (tertiary/aromatic N) is 1. The van der Waals surface area contributed by atoms with Gasteiger partial charge >= 0.3 is 0 Å².